The molecule has 0 aliphatic rings. The van der Waals surface area contributed by atoms with Gasteiger partial charge < -0.3 is 16.0 Å². The molecule has 0 saturated heterocycles. The summed E-state index contributed by atoms with van der Waals surface area (Å²) in [4.78, 5) is 22.7. The molecule has 12 heteroatoms. The average Bonchev–Trinajstić information content (AvgIpc) is 2.60. The molecule has 1 amide bonds. The smallest absolute Gasteiger partial charge is 0.271 e. The zero-order valence-electron chi connectivity index (χ0n) is 13.8. The van der Waals surface area contributed by atoms with E-state index in [9.17, 15) is 14.9 Å². The number of anilines is 1. The molecule has 0 saturated carbocycles. The Labute approximate surface area is 185 Å². The van der Waals surface area contributed by atoms with Gasteiger partial charge in [0.25, 0.3) is 11.6 Å². The molecule has 0 fully saturated rings. The highest BCUT2D eigenvalue weighted by molar-refractivity contribution is 7.80. The number of hydrogen-bond acceptors (Lipinski definition) is 4. The van der Waals surface area contributed by atoms with Gasteiger partial charge in [-0.3, -0.25) is 14.9 Å². The topological polar surface area (TPSA) is 96.3 Å². The predicted octanol–water partition coefficient (Wildman–Crippen LogP) is 4.66. The highest BCUT2D eigenvalue weighted by Crippen LogP contribution is 2.29. The van der Waals surface area contributed by atoms with Crippen LogP contribution < -0.4 is 16.0 Å². The van der Waals surface area contributed by atoms with Crippen molar-refractivity contribution in [2.45, 2.75) is 9.96 Å². The lowest BCUT2D eigenvalue weighted by molar-refractivity contribution is -0.384. The van der Waals surface area contributed by atoms with E-state index in [1.54, 1.807) is 24.3 Å². The van der Waals surface area contributed by atoms with Crippen LogP contribution in [0, 0.1) is 10.1 Å². The Morgan fingerprint density at radius 2 is 1.79 bits per heavy atom. The molecule has 0 aliphatic heterocycles. The lowest BCUT2D eigenvalue weighted by atomic mass is 10.2. The Bertz CT molecular complexity index is 907. The van der Waals surface area contributed by atoms with E-state index >= 15 is 0 Å². The molecule has 3 N–H and O–H groups in total. The van der Waals surface area contributed by atoms with Crippen LogP contribution in [0.1, 0.15) is 10.4 Å². The number of hydrogen-bond donors (Lipinski definition) is 3. The fraction of sp³-hybridized carbons (Fsp3) is 0.125. The van der Waals surface area contributed by atoms with E-state index in [0.29, 0.717) is 5.69 Å². The first kappa shape index (κ1) is 22.4. The number of nitro groups is 1. The van der Waals surface area contributed by atoms with Crippen LogP contribution in [0.3, 0.4) is 0 Å². The van der Waals surface area contributed by atoms with Crippen LogP contribution in [0.25, 0.3) is 0 Å². The van der Waals surface area contributed by atoms with Crippen LogP contribution in [0.2, 0.25) is 5.02 Å². The maximum atomic E-state index is 12.4. The van der Waals surface area contributed by atoms with Gasteiger partial charge in [-0.1, -0.05) is 64.6 Å². The van der Waals surface area contributed by atoms with Crippen LogP contribution in [0.5, 0.6) is 0 Å². The number of rotatable bonds is 5. The highest BCUT2D eigenvalue weighted by Gasteiger charge is 2.35. The van der Waals surface area contributed by atoms with Gasteiger partial charge in [0.05, 0.1) is 15.5 Å². The number of halogens is 4. The van der Waals surface area contributed by atoms with Gasteiger partial charge in [0.15, 0.2) is 5.11 Å². The van der Waals surface area contributed by atoms with Gasteiger partial charge >= 0.3 is 0 Å². The lowest BCUT2D eigenvalue weighted by Gasteiger charge is -2.28. The van der Waals surface area contributed by atoms with Crippen molar-refractivity contribution in [3.05, 3.63) is 69.2 Å². The van der Waals surface area contributed by atoms with Crippen molar-refractivity contribution in [2.24, 2.45) is 0 Å². The van der Waals surface area contributed by atoms with E-state index in [2.05, 4.69) is 16.0 Å². The van der Waals surface area contributed by atoms with Crippen molar-refractivity contribution in [1.29, 1.82) is 0 Å². The first-order chi connectivity index (χ1) is 13.1. The third-order valence-electron chi connectivity index (χ3n) is 3.31. The van der Waals surface area contributed by atoms with E-state index in [4.69, 9.17) is 58.6 Å². The van der Waals surface area contributed by atoms with Crippen LogP contribution in [0.15, 0.2) is 48.5 Å². The highest BCUT2D eigenvalue weighted by atomic mass is 35.6. The minimum Gasteiger partial charge on any atom is -0.339 e. The molecule has 1 unspecified atom stereocenters. The van der Waals surface area contributed by atoms with Crippen LogP contribution in [-0.2, 0) is 0 Å². The minimum absolute atomic E-state index is 0.0312. The second kappa shape index (κ2) is 9.58. The molecular formula is C16H12Cl4N4O3S. The van der Waals surface area contributed by atoms with E-state index in [1.807, 2.05) is 0 Å². The van der Waals surface area contributed by atoms with Crippen molar-refractivity contribution in [1.82, 2.24) is 10.6 Å². The van der Waals surface area contributed by atoms with Crippen LogP contribution >= 0.6 is 58.6 Å². The van der Waals surface area contributed by atoms with Gasteiger partial charge in [0, 0.05) is 17.8 Å². The summed E-state index contributed by atoms with van der Waals surface area (Å²) < 4.78 is -1.97. The van der Waals surface area contributed by atoms with Gasteiger partial charge in [-0.25, -0.2) is 0 Å². The van der Waals surface area contributed by atoms with E-state index in [1.165, 1.54) is 24.3 Å². The molecule has 0 radical (unpaired) electrons. The maximum Gasteiger partial charge on any atom is 0.271 e. The Morgan fingerprint density at radius 3 is 2.39 bits per heavy atom. The third kappa shape index (κ3) is 6.35. The molecule has 2 aromatic carbocycles. The first-order valence-corrected chi connectivity index (χ1v) is 9.44. The molecule has 2 rings (SSSR count). The summed E-state index contributed by atoms with van der Waals surface area (Å²) in [5, 5.41) is 18.9. The number of carbonyl (C=O) groups is 1. The van der Waals surface area contributed by atoms with E-state index in [0.717, 1.165) is 0 Å². The molecule has 0 spiro atoms. The second-order valence-electron chi connectivity index (χ2n) is 5.33. The summed E-state index contributed by atoms with van der Waals surface area (Å²) in [7, 11) is 0. The lowest BCUT2D eigenvalue weighted by Crippen LogP contribution is -2.56. The predicted molar refractivity (Wildman–Crippen MR) is 115 cm³/mol. The number of nitro benzene ring substituents is 1. The number of amides is 1. The Balaban J connectivity index is 2.11. The molecule has 28 heavy (non-hydrogen) atoms. The number of non-ortho nitro benzene ring substituents is 1. The van der Waals surface area contributed by atoms with Gasteiger partial charge in [-0.2, -0.15) is 0 Å². The monoisotopic (exact) mass is 480 g/mol. The zero-order chi connectivity index (χ0) is 20.9. The Hall–Kier alpha value is -1.84. The van der Waals surface area contributed by atoms with Crippen molar-refractivity contribution < 1.29 is 9.72 Å². The van der Waals surface area contributed by atoms with E-state index < -0.39 is 20.8 Å². The zero-order valence-corrected chi connectivity index (χ0v) is 17.6. The fourth-order valence-electron chi connectivity index (χ4n) is 2.05. The minimum atomic E-state index is -1.97. The molecular weight excluding hydrogens is 470 g/mol. The number of nitrogens with one attached hydrogen (secondary N) is 3. The Kier molecular flexibility index (Phi) is 7.68. The third-order valence-corrected chi connectivity index (χ3v) is 4.52. The summed E-state index contributed by atoms with van der Waals surface area (Å²) >= 11 is 28.9. The average molecular weight is 482 g/mol. The number of carbonyl (C=O) groups excluding carboxylic acids is 1. The van der Waals surface area contributed by atoms with Crippen molar-refractivity contribution in [3.63, 3.8) is 0 Å². The number of benzene rings is 2. The molecule has 148 valence electrons. The van der Waals surface area contributed by atoms with Gasteiger partial charge in [-0.05, 0) is 30.4 Å². The van der Waals surface area contributed by atoms with Gasteiger partial charge in [0.2, 0.25) is 3.79 Å². The standard InChI is InChI=1S/C16H12Cl4N4O3S/c17-12-7-2-1-6-11(12)13(25)22-14(16(18,19)20)23-15(28)21-9-4-3-5-10(8-9)24(26)27/h1-8,14H,(H,22,25)(H2,21,23,28). The quantitative estimate of drug-likeness (QED) is 0.189. The van der Waals surface area contributed by atoms with Crippen molar-refractivity contribution >= 4 is 81.0 Å². The summed E-state index contributed by atoms with van der Waals surface area (Å²) in [6.45, 7) is 0. The molecule has 0 aliphatic carbocycles. The summed E-state index contributed by atoms with van der Waals surface area (Å²) in [6.07, 6.45) is -1.22. The largest absolute Gasteiger partial charge is 0.339 e. The summed E-state index contributed by atoms with van der Waals surface area (Å²) in [5.74, 6) is -0.590. The number of alkyl halides is 3. The van der Waals surface area contributed by atoms with Gasteiger partial charge in [0.1, 0.15) is 6.17 Å². The SMILES string of the molecule is O=C(NC(NC(=S)Nc1cccc([N+](=O)[O-])c1)C(Cl)(Cl)Cl)c1ccccc1Cl. The molecule has 0 aromatic heterocycles. The molecule has 7 nitrogen and oxygen atoms in total. The normalized spacial score (nSPS) is 12.0. The Morgan fingerprint density at radius 1 is 1.11 bits per heavy atom. The molecule has 2 aromatic rings. The fourth-order valence-corrected chi connectivity index (χ4v) is 2.83. The molecule has 1 atom stereocenters. The van der Waals surface area contributed by atoms with Crippen molar-refractivity contribution in [2.75, 3.05) is 5.32 Å². The van der Waals surface area contributed by atoms with Crippen molar-refractivity contribution in [3.8, 4) is 0 Å². The van der Waals surface area contributed by atoms with E-state index in [-0.39, 0.29) is 21.4 Å². The van der Waals surface area contributed by atoms with Gasteiger partial charge in [-0.15, -0.1) is 0 Å². The van der Waals surface area contributed by atoms with Crippen LogP contribution in [0.4, 0.5) is 11.4 Å². The van der Waals surface area contributed by atoms with Crippen LogP contribution in [-0.4, -0.2) is 25.9 Å². The molecule has 0 bridgehead atoms. The second-order valence-corrected chi connectivity index (χ2v) is 8.52. The number of thiocarbonyl (C=S) groups is 1. The first-order valence-electron chi connectivity index (χ1n) is 7.52. The summed E-state index contributed by atoms with van der Waals surface area (Å²) in [6, 6.07) is 12.0. The number of nitrogens with zero attached hydrogens (tertiary/aromatic N) is 1. The maximum absolute atomic E-state index is 12.4. The molecule has 0 heterocycles. The summed E-state index contributed by atoms with van der Waals surface area (Å²) in [5.41, 5.74) is 0.396.